The summed E-state index contributed by atoms with van der Waals surface area (Å²) in [5.41, 5.74) is 1.73. The van der Waals surface area contributed by atoms with Crippen molar-refractivity contribution < 1.29 is 14.3 Å². The van der Waals surface area contributed by atoms with Gasteiger partial charge in [0.1, 0.15) is 0 Å². The standard InChI is InChI=1S/C18H16BrN3O3/c19-12-3-4-14-13(10-12)18(22-21-14)20-17(23)9-11-2-5-15-16(8-11)25-7-1-6-24-15/h2-5,8,10H,1,6-7,9H2,(H2,20,21,22,23). The molecule has 25 heavy (non-hydrogen) atoms. The first-order valence-corrected chi connectivity index (χ1v) is 8.80. The Morgan fingerprint density at radius 2 is 2.00 bits per heavy atom. The summed E-state index contributed by atoms with van der Waals surface area (Å²) in [5.74, 6) is 1.81. The van der Waals surface area contributed by atoms with Crippen molar-refractivity contribution in [3.8, 4) is 11.5 Å². The number of H-pyrrole nitrogens is 1. The molecule has 0 atom stereocenters. The fourth-order valence-electron chi connectivity index (χ4n) is 2.76. The monoisotopic (exact) mass is 401 g/mol. The maximum Gasteiger partial charge on any atom is 0.230 e. The minimum Gasteiger partial charge on any atom is -0.490 e. The molecule has 7 heteroatoms. The Hall–Kier alpha value is -2.54. The molecule has 0 bridgehead atoms. The van der Waals surface area contributed by atoms with Gasteiger partial charge >= 0.3 is 0 Å². The molecule has 0 aliphatic carbocycles. The zero-order valence-electron chi connectivity index (χ0n) is 13.3. The smallest absolute Gasteiger partial charge is 0.230 e. The lowest BCUT2D eigenvalue weighted by Crippen LogP contribution is -2.15. The van der Waals surface area contributed by atoms with Crippen molar-refractivity contribution in [2.24, 2.45) is 0 Å². The van der Waals surface area contributed by atoms with Crippen LogP contribution in [0.4, 0.5) is 5.82 Å². The van der Waals surface area contributed by atoms with Crippen LogP contribution < -0.4 is 14.8 Å². The molecule has 1 amide bonds. The first-order chi connectivity index (χ1) is 12.2. The van der Waals surface area contributed by atoms with Crippen LogP contribution in [-0.4, -0.2) is 29.3 Å². The largest absolute Gasteiger partial charge is 0.490 e. The molecule has 0 radical (unpaired) electrons. The Morgan fingerprint density at radius 3 is 2.88 bits per heavy atom. The number of rotatable bonds is 3. The number of ether oxygens (including phenoxy) is 2. The van der Waals surface area contributed by atoms with E-state index < -0.39 is 0 Å². The summed E-state index contributed by atoms with van der Waals surface area (Å²) in [4.78, 5) is 12.4. The number of fused-ring (bicyclic) bond motifs is 2. The van der Waals surface area contributed by atoms with Crippen molar-refractivity contribution in [3.05, 3.63) is 46.4 Å². The number of aromatic amines is 1. The summed E-state index contributed by atoms with van der Waals surface area (Å²) in [6.07, 6.45) is 1.09. The molecule has 1 aromatic heterocycles. The molecule has 0 unspecified atom stereocenters. The minimum absolute atomic E-state index is 0.136. The molecule has 0 fully saturated rings. The topological polar surface area (TPSA) is 76.2 Å². The summed E-state index contributed by atoms with van der Waals surface area (Å²) in [7, 11) is 0. The second kappa shape index (κ2) is 6.76. The van der Waals surface area contributed by atoms with E-state index in [1.807, 2.05) is 36.4 Å². The van der Waals surface area contributed by atoms with E-state index in [9.17, 15) is 4.79 Å². The average Bonchev–Trinajstić information content (AvgIpc) is 2.83. The van der Waals surface area contributed by atoms with Gasteiger partial charge in [0.05, 0.1) is 25.2 Å². The molecule has 1 aliphatic rings. The van der Waals surface area contributed by atoms with Gasteiger partial charge in [0.2, 0.25) is 5.91 Å². The van der Waals surface area contributed by atoms with Gasteiger partial charge in [-0.15, -0.1) is 0 Å². The number of carbonyl (C=O) groups excluding carboxylic acids is 1. The highest BCUT2D eigenvalue weighted by atomic mass is 79.9. The Labute approximate surface area is 152 Å². The van der Waals surface area contributed by atoms with Crippen molar-refractivity contribution in [3.63, 3.8) is 0 Å². The van der Waals surface area contributed by atoms with Gasteiger partial charge in [-0.25, -0.2) is 0 Å². The molecule has 128 valence electrons. The molecule has 2 N–H and O–H groups in total. The molecule has 1 aliphatic heterocycles. The van der Waals surface area contributed by atoms with Gasteiger partial charge in [-0.05, 0) is 35.9 Å². The van der Waals surface area contributed by atoms with Gasteiger partial charge in [0, 0.05) is 16.3 Å². The second-order valence-corrected chi connectivity index (χ2v) is 6.73. The third-order valence-corrected chi connectivity index (χ3v) is 4.45. The number of nitrogens with one attached hydrogen (secondary N) is 2. The zero-order chi connectivity index (χ0) is 17.2. The number of carbonyl (C=O) groups is 1. The molecule has 2 heterocycles. The van der Waals surface area contributed by atoms with E-state index in [4.69, 9.17) is 9.47 Å². The summed E-state index contributed by atoms with van der Waals surface area (Å²) in [6, 6.07) is 11.3. The van der Waals surface area contributed by atoms with Crippen LogP contribution in [0.5, 0.6) is 11.5 Å². The molecule has 2 aromatic carbocycles. The van der Waals surface area contributed by atoms with E-state index >= 15 is 0 Å². The first-order valence-electron chi connectivity index (χ1n) is 8.01. The van der Waals surface area contributed by atoms with Crippen LogP contribution in [-0.2, 0) is 11.2 Å². The highest BCUT2D eigenvalue weighted by Gasteiger charge is 2.14. The van der Waals surface area contributed by atoms with Crippen LogP contribution in [0, 0.1) is 0 Å². The van der Waals surface area contributed by atoms with Gasteiger partial charge in [-0.3, -0.25) is 9.89 Å². The van der Waals surface area contributed by atoms with Crippen LogP contribution in [0.2, 0.25) is 0 Å². The van der Waals surface area contributed by atoms with E-state index in [0.717, 1.165) is 33.1 Å². The lowest BCUT2D eigenvalue weighted by atomic mass is 10.1. The Bertz CT molecular complexity index is 938. The van der Waals surface area contributed by atoms with E-state index in [1.165, 1.54) is 0 Å². The predicted octanol–water partition coefficient (Wildman–Crippen LogP) is 3.67. The molecule has 6 nitrogen and oxygen atoms in total. The summed E-state index contributed by atoms with van der Waals surface area (Å²) in [5, 5.41) is 10.8. The summed E-state index contributed by atoms with van der Waals surface area (Å²) < 4.78 is 12.2. The first kappa shape index (κ1) is 16.0. The number of nitrogens with zero attached hydrogens (tertiary/aromatic N) is 1. The van der Waals surface area contributed by atoms with Crippen LogP contribution in [0.1, 0.15) is 12.0 Å². The molecule has 0 spiro atoms. The van der Waals surface area contributed by atoms with E-state index in [2.05, 4.69) is 31.4 Å². The molecular weight excluding hydrogens is 386 g/mol. The highest BCUT2D eigenvalue weighted by Crippen LogP contribution is 2.31. The molecule has 0 saturated carbocycles. The van der Waals surface area contributed by atoms with Crippen molar-refractivity contribution in [1.29, 1.82) is 0 Å². The van der Waals surface area contributed by atoms with Gasteiger partial charge in [0.15, 0.2) is 17.3 Å². The number of aromatic nitrogens is 2. The van der Waals surface area contributed by atoms with Crippen LogP contribution >= 0.6 is 15.9 Å². The maximum atomic E-state index is 12.4. The summed E-state index contributed by atoms with van der Waals surface area (Å²) in [6.45, 7) is 1.27. The molecular formula is C18H16BrN3O3. The summed E-state index contributed by atoms with van der Waals surface area (Å²) >= 11 is 3.43. The van der Waals surface area contributed by atoms with Crippen molar-refractivity contribution in [2.45, 2.75) is 12.8 Å². The van der Waals surface area contributed by atoms with Gasteiger partial charge in [0.25, 0.3) is 0 Å². The fourth-order valence-corrected chi connectivity index (χ4v) is 3.12. The quantitative estimate of drug-likeness (QED) is 0.701. The van der Waals surface area contributed by atoms with Crippen LogP contribution in [0.3, 0.4) is 0 Å². The number of anilines is 1. The molecule has 0 saturated heterocycles. The number of amides is 1. The number of halogens is 1. The highest BCUT2D eigenvalue weighted by molar-refractivity contribution is 9.10. The number of hydrogen-bond donors (Lipinski definition) is 2. The third-order valence-electron chi connectivity index (χ3n) is 3.96. The van der Waals surface area contributed by atoms with Crippen molar-refractivity contribution in [2.75, 3.05) is 18.5 Å². The Balaban J connectivity index is 1.50. The van der Waals surface area contributed by atoms with E-state index in [0.29, 0.717) is 24.8 Å². The van der Waals surface area contributed by atoms with Gasteiger partial charge in [-0.1, -0.05) is 22.0 Å². The minimum atomic E-state index is -0.136. The predicted molar refractivity (Wildman–Crippen MR) is 98.2 cm³/mol. The lowest BCUT2D eigenvalue weighted by molar-refractivity contribution is -0.115. The normalized spacial score (nSPS) is 13.5. The van der Waals surface area contributed by atoms with Crippen molar-refractivity contribution >= 4 is 38.6 Å². The lowest BCUT2D eigenvalue weighted by Gasteiger charge is -2.09. The van der Waals surface area contributed by atoms with Crippen LogP contribution in [0.15, 0.2) is 40.9 Å². The van der Waals surface area contributed by atoms with Crippen molar-refractivity contribution in [1.82, 2.24) is 10.2 Å². The number of benzene rings is 2. The molecule has 3 aromatic rings. The van der Waals surface area contributed by atoms with E-state index in [1.54, 1.807) is 0 Å². The fraction of sp³-hybridized carbons (Fsp3) is 0.222. The average molecular weight is 402 g/mol. The van der Waals surface area contributed by atoms with Crippen LogP contribution in [0.25, 0.3) is 10.9 Å². The number of hydrogen-bond acceptors (Lipinski definition) is 4. The molecule has 4 rings (SSSR count). The Morgan fingerprint density at radius 1 is 1.16 bits per heavy atom. The van der Waals surface area contributed by atoms with Gasteiger partial charge < -0.3 is 14.8 Å². The van der Waals surface area contributed by atoms with Gasteiger partial charge in [-0.2, -0.15) is 5.10 Å². The zero-order valence-corrected chi connectivity index (χ0v) is 14.9. The second-order valence-electron chi connectivity index (χ2n) is 5.82. The Kier molecular flexibility index (Phi) is 4.31. The van der Waals surface area contributed by atoms with E-state index in [-0.39, 0.29) is 12.3 Å². The maximum absolute atomic E-state index is 12.4. The third kappa shape index (κ3) is 3.46. The SMILES string of the molecule is O=C(Cc1ccc2c(c1)OCCCO2)Nc1n[nH]c2ccc(Br)cc12.